The molecule has 2 aromatic rings. The largest absolute Gasteiger partial charge is 0.383 e. The van der Waals surface area contributed by atoms with Gasteiger partial charge in [-0.3, -0.25) is 0 Å². The van der Waals surface area contributed by atoms with Gasteiger partial charge in [0.1, 0.15) is 5.82 Å². The first-order valence-corrected chi connectivity index (χ1v) is 6.46. The Morgan fingerprint density at radius 2 is 1.88 bits per heavy atom. The van der Waals surface area contributed by atoms with Gasteiger partial charge in [0.25, 0.3) is 0 Å². The number of pyridine rings is 1. The maximum Gasteiger partial charge on any atom is 0.127 e. The lowest BCUT2D eigenvalue weighted by Crippen LogP contribution is -2.15. The SMILES string of the molecule is Cc1c(Br)ccc2cc(C(C)(C)C)c(N)nc12. The predicted molar refractivity (Wildman–Crippen MR) is 77.3 cm³/mol. The van der Waals surface area contributed by atoms with E-state index in [9.17, 15) is 0 Å². The molecule has 0 aliphatic carbocycles. The average Bonchev–Trinajstić information content (AvgIpc) is 2.22. The highest BCUT2D eigenvalue weighted by molar-refractivity contribution is 9.10. The van der Waals surface area contributed by atoms with Crippen LogP contribution in [-0.4, -0.2) is 4.98 Å². The van der Waals surface area contributed by atoms with Gasteiger partial charge in [-0.25, -0.2) is 4.98 Å². The molecule has 90 valence electrons. The molecule has 0 saturated carbocycles. The topological polar surface area (TPSA) is 38.9 Å². The van der Waals surface area contributed by atoms with E-state index in [1.54, 1.807) is 0 Å². The van der Waals surface area contributed by atoms with Crippen LogP contribution in [0.5, 0.6) is 0 Å². The number of halogens is 1. The number of nitrogens with two attached hydrogens (primary N) is 1. The highest BCUT2D eigenvalue weighted by Gasteiger charge is 2.19. The molecule has 0 aliphatic rings. The minimum atomic E-state index is 0.0201. The van der Waals surface area contributed by atoms with Crippen molar-refractivity contribution in [2.24, 2.45) is 0 Å². The van der Waals surface area contributed by atoms with Gasteiger partial charge in [-0.15, -0.1) is 0 Å². The summed E-state index contributed by atoms with van der Waals surface area (Å²) < 4.78 is 1.07. The Bertz CT molecular complexity index is 583. The van der Waals surface area contributed by atoms with E-state index >= 15 is 0 Å². The van der Waals surface area contributed by atoms with Crippen LogP contribution >= 0.6 is 15.9 Å². The lowest BCUT2D eigenvalue weighted by atomic mass is 9.86. The smallest absolute Gasteiger partial charge is 0.127 e. The third kappa shape index (κ3) is 2.16. The molecule has 0 radical (unpaired) electrons. The minimum absolute atomic E-state index is 0.0201. The number of hydrogen-bond acceptors (Lipinski definition) is 2. The summed E-state index contributed by atoms with van der Waals surface area (Å²) in [6.45, 7) is 8.50. The summed E-state index contributed by atoms with van der Waals surface area (Å²) in [5.41, 5.74) is 9.30. The number of fused-ring (bicyclic) bond motifs is 1. The van der Waals surface area contributed by atoms with Gasteiger partial charge in [0.15, 0.2) is 0 Å². The molecule has 0 amide bonds. The summed E-state index contributed by atoms with van der Waals surface area (Å²) in [5, 5.41) is 1.14. The van der Waals surface area contributed by atoms with Crippen LogP contribution in [0.15, 0.2) is 22.7 Å². The van der Waals surface area contributed by atoms with Gasteiger partial charge in [0.2, 0.25) is 0 Å². The lowest BCUT2D eigenvalue weighted by Gasteiger charge is -2.21. The number of aromatic nitrogens is 1. The van der Waals surface area contributed by atoms with E-state index in [0.29, 0.717) is 5.82 Å². The Labute approximate surface area is 110 Å². The molecule has 0 bridgehead atoms. The van der Waals surface area contributed by atoms with E-state index in [2.05, 4.69) is 66.8 Å². The highest BCUT2D eigenvalue weighted by atomic mass is 79.9. The second-order valence-electron chi connectivity index (χ2n) is 5.42. The van der Waals surface area contributed by atoms with Crippen LogP contribution < -0.4 is 5.73 Å². The Morgan fingerprint density at radius 3 is 2.47 bits per heavy atom. The zero-order valence-electron chi connectivity index (χ0n) is 10.6. The van der Waals surface area contributed by atoms with Crippen LogP contribution in [0.2, 0.25) is 0 Å². The van der Waals surface area contributed by atoms with Crippen molar-refractivity contribution in [2.75, 3.05) is 5.73 Å². The number of aryl methyl sites for hydroxylation is 1. The summed E-state index contributed by atoms with van der Waals surface area (Å²) in [6.07, 6.45) is 0. The molecule has 0 unspecified atom stereocenters. The quantitative estimate of drug-likeness (QED) is 0.791. The Kier molecular flexibility index (Phi) is 2.90. The van der Waals surface area contributed by atoms with Crippen molar-refractivity contribution in [2.45, 2.75) is 33.1 Å². The van der Waals surface area contributed by atoms with E-state index in [-0.39, 0.29) is 5.41 Å². The van der Waals surface area contributed by atoms with Crippen molar-refractivity contribution in [3.8, 4) is 0 Å². The summed E-state index contributed by atoms with van der Waals surface area (Å²) in [6, 6.07) is 6.28. The molecule has 1 heterocycles. The first-order chi connectivity index (χ1) is 7.80. The predicted octanol–water partition coefficient (Wildman–Crippen LogP) is 4.19. The van der Waals surface area contributed by atoms with Gasteiger partial charge in [0.05, 0.1) is 5.52 Å². The van der Waals surface area contributed by atoms with Crippen molar-refractivity contribution < 1.29 is 0 Å². The summed E-state index contributed by atoms with van der Waals surface area (Å²) >= 11 is 3.52. The van der Waals surface area contributed by atoms with E-state index in [1.807, 2.05) is 0 Å². The third-order valence-electron chi connectivity index (χ3n) is 3.01. The van der Waals surface area contributed by atoms with Crippen molar-refractivity contribution in [1.82, 2.24) is 4.98 Å². The zero-order chi connectivity index (χ0) is 12.8. The van der Waals surface area contributed by atoms with Gasteiger partial charge >= 0.3 is 0 Å². The molecular formula is C14H17BrN2. The van der Waals surface area contributed by atoms with E-state index in [4.69, 9.17) is 5.73 Å². The molecule has 2 rings (SSSR count). The Hall–Kier alpha value is -1.09. The molecule has 1 aromatic carbocycles. The minimum Gasteiger partial charge on any atom is -0.383 e. The monoisotopic (exact) mass is 292 g/mol. The summed E-state index contributed by atoms with van der Waals surface area (Å²) in [4.78, 5) is 4.55. The fraction of sp³-hybridized carbons (Fsp3) is 0.357. The van der Waals surface area contributed by atoms with Crippen LogP contribution in [0.4, 0.5) is 5.82 Å². The first-order valence-electron chi connectivity index (χ1n) is 5.66. The molecule has 0 atom stereocenters. The lowest BCUT2D eigenvalue weighted by molar-refractivity contribution is 0.591. The van der Waals surface area contributed by atoms with Crippen molar-refractivity contribution in [3.63, 3.8) is 0 Å². The molecule has 2 nitrogen and oxygen atoms in total. The van der Waals surface area contributed by atoms with Gasteiger partial charge in [0, 0.05) is 15.4 Å². The van der Waals surface area contributed by atoms with E-state index < -0.39 is 0 Å². The van der Waals surface area contributed by atoms with Crippen LogP contribution in [-0.2, 0) is 5.41 Å². The van der Waals surface area contributed by atoms with E-state index in [1.165, 1.54) is 0 Å². The molecular weight excluding hydrogens is 276 g/mol. The Morgan fingerprint density at radius 1 is 1.24 bits per heavy atom. The highest BCUT2D eigenvalue weighted by Crippen LogP contribution is 2.32. The third-order valence-corrected chi connectivity index (χ3v) is 3.87. The first kappa shape index (κ1) is 12.4. The van der Waals surface area contributed by atoms with Crippen LogP contribution in [0.1, 0.15) is 31.9 Å². The molecule has 1 aromatic heterocycles. The zero-order valence-corrected chi connectivity index (χ0v) is 12.2. The normalized spacial score (nSPS) is 12.1. The molecule has 0 aliphatic heterocycles. The van der Waals surface area contributed by atoms with Crippen LogP contribution in [0, 0.1) is 6.92 Å². The molecule has 2 N–H and O–H groups in total. The maximum absolute atomic E-state index is 6.07. The number of nitrogens with zero attached hydrogens (tertiary/aromatic N) is 1. The van der Waals surface area contributed by atoms with Crippen molar-refractivity contribution in [3.05, 3.63) is 33.8 Å². The van der Waals surface area contributed by atoms with Crippen molar-refractivity contribution >= 4 is 32.7 Å². The number of rotatable bonds is 0. The van der Waals surface area contributed by atoms with Crippen molar-refractivity contribution in [1.29, 1.82) is 0 Å². The van der Waals surface area contributed by atoms with Gasteiger partial charge < -0.3 is 5.73 Å². The summed E-state index contributed by atoms with van der Waals surface area (Å²) in [5.74, 6) is 0.631. The average molecular weight is 293 g/mol. The number of hydrogen-bond donors (Lipinski definition) is 1. The molecule has 3 heteroatoms. The molecule has 0 fully saturated rings. The number of anilines is 1. The molecule has 0 saturated heterocycles. The standard InChI is InChI=1S/C14H17BrN2/c1-8-11(15)6-5-9-7-10(14(2,3)4)13(16)17-12(8)9/h5-7H,1-4H3,(H2,16,17). The maximum atomic E-state index is 6.07. The van der Waals surface area contributed by atoms with Gasteiger partial charge in [-0.05, 0) is 30.0 Å². The Balaban J connectivity index is 2.80. The number of benzene rings is 1. The number of nitrogen functional groups attached to an aromatic ring is 1. The fourth-order valence-corrected chi connectivity index (χ4v) is 2.29. The summed E-state index contributed by atoms with van der Waals surface area (Å²) in [7, 11) is 0. The van der Waals surface area contributed by atoms with E-state index in [0.717, 1.165) is 26.5 Å². The molecule has 0 spiro atoms. The van der Waals surface area contributed by atoms with Crippen LogP contribution in [0.3, 0.4) is 0 Å². The second-order valence-corrected chi connectivity index (χ2v) is 6.27. The van der Waals surface area contributed by atoms with Gasteiger partial charge in [-0.2, -0.15) is 0 Å². The second kappa shape index (κ2) is 3.98. The molecule has 17 heavy (non-hydrogen) atoms. The van der Waals surface area contributed by atoms with Crippen LogP contribution in [0.25, 0.3) is 10.9 Å². The fourth-order valence-electron chi connectivity index (χ4n) is 1.97. The van der Waals surface area contributed by atoms with Gasteiger partial charge in [-0.1, -0.05) is 42.8 Å².